The highest BCUT2D eigenvalue weighted by Crippen LogP contribution is 2.40. The first-order valence-electron chi connectivity index (χ1n) is 10.1. The number of rotatable bonds is 3. The molecule has 1 aromatic carbocycles. The second-order valence-corrected chi connectivity index (χ2v) is 9.03. The molecule has 0 radical (unpaired) electrons. The van der Waals surface area contributed by atoms with Crippen LogP contribution in [0.4, 0.5) is 5.82 Å². The summed E-state index contributed by atoms with van der Waals surface area (Å²) in [6, 6.07) is 8.29. The second-order valence-electron chi connectivity index (χ2n) is 8.18. The molecule has 9 heteroatoms. The van der Waals surface area contributed by atoms with Crippen molar-refractivity contribution in [1.82, 2.24) is 25.4 Å². The summed E-state index contributed by atoms with van der Waals surface area (Å²) in [6.07, 6.45) is 5.74. The maximum atomic E-state index is 9.18. The van der Waals surface area contributed by atoms with Crippen LogP contribution in [0.2, 0.25) is 12.6 Å². The number of aromatic nitrogens is 5. The standard InChI is InChI=1S/C21H18BN7S/c23-11-22-5-13-9-29(10-14(13)6-22)19-4-3-18(27-28-19)17-2-1-16(15-7-25-26-8-15)20-21(17)30-12-24-20/h1-4,7-8,12-14H,5-6,9-10H2,(H,25,26). The molecule has 3 aromatic heterocycles. The zero-order valence-corrected chi connectivity index (χ0v) is 17.0. The molecule has 5 heterocycles. The molecule has 146 valence electrons. The van der Waals surface area contributed by atoms with Gasteiger partial charge in [-0.05, 0) is 24.0 Å². The van der Waals surface area contributed by atoms with Gasteiger partial charge in [0.25, 0.3) is 6.71 Å². The maximum absolute atomic E-state index is 9.18. The van der Waals surface area contributed by atoms with Crippen molar-refractivity contribution in [2.45, 2.75) is 12.6 Å². The fraction of sp³-hybridized carbons (Fsp3) is 0.286. The Hall–Kier alpha value is -3.25. The number of hydrogen-bond acceptors (Lipinski definition) is 7. The number of fused-ring (bicyclic) bond motifs is 2. The summed E-state index contributed by atoms with van der Waals surface area (Å²) in [5.41, 5.74) is 6.83. The summed E-state index contributed by atoms with van der Waals surface area (Å²) in [4.78, 5) is 6.91. The molecule has 1 N–H and O–H groups in total. The third kappa shape index (κ3) is 2.79. The minimum Gasteiger partial charge on any atom is -0.355 e. The highest BCUT2D eigenvalue weighted by atomic mass is 32.1. The number of thiazole rings is 1. The molecular weight excluding hydrogens is 393 g/mol. The first-order chi connectivity index (χ1) is 14.8. The van der Waals surface area contributed by atoms with Crippen molar-refractivity contribution < 1.29 is 0 Å². The zero-order chi connectivity index (χ0) is 20.1. The van der Waals surface area contributed by atoms with Crippen molar-refractivity contribution in [3.8, 4) is 28.4 Å². The van der Waals surface area contributed by atoms with E-state index in [1.165, 1.54) is 0 Å². The molecule has 6 rings (SSSR count). The molecule has 7 nitrogen and oxygen atoms in total. The predicted molar refractivity (Wildman–Crippen MR) is 118 cm³/mol. The van der Waals surface area contributed by atoms with Crippen molar-refractivity contribution in [2.24, 2.45) is 11.8 Å². The van der Waals surface area contributed by atoms with Crippen LogP contribution in [-0.2, 0) is 0 Å². The average Bonchev–Trinajstić information content (AvgIpc) is 3.56. The highest BCUT2D eigenvalue weighted by molar-refractivity contribution is 7.17. The number of anilines is 1. The molecule has 2 aliphatic rings. The number of H-pyrrole nitrogens is 1. The lowest BCUT2D eigenvalue weighted by Crippen LogP contribution is -2.24. The molecule has 2 aliphatic heterocycles. The molecule has 0 bridgehead atoms. The minimum absolute atomic E-state index is 0.238. The molecule has 2 atom stereocenters. The molecule has 2 saturated heterocycles. The fourth-order valence-electron chi connectivity index (χ4n) is 5.01. The van der Waals surface area contributed by atoms with Gasteiger partial charge in [0.05, 0.1) is 27.6 Å². The number of nitriles is 1. The molecule has 2 fully saturated rings. The normalized spacial score (nSPS) is 20.6. The number of hydrogen-bond donors (Lipinski definition) is 1. The molecule has 2 unspecified atom stereocenters. The van der Waals surface area contributed by atoms with Gasteiger partial charge in [0, 0.05) is 41.9 Å². The van der Waals surface area contributed by atoms with Crippen LogP contribution >= 0.6 is 11.3 Å². The van der Waals surface area contributed by atoms with Gasteiger partial charge in [-0.1, -0.05) is 24.8 Å². The summed E-state index contributed by atoms with van der Waals surface area (Å²) in [5, 5.41) is 25.2. The van der Waals surface area contributed by atoms with Crippen LogP contribution in [0.25, 0.3) is 32.6 Å². The largest absolute Gasteiger partial charge is 0.355 e. The number of nitrogens with zero attached hydrogens (tertiary/aromatic N) is 6. The third-order valence-corrected chi connectivity index (χ3v) is 7.34. The third-order valence-electron chi connectivity index (χ3n) is 6.48. The van der Waals surface area contributed by atoms with Crippen molar-refractivity contribution in [2.75, 3.05) is 18.0 Å². The van der Waals surface area contributed by atoms with Crippen molar-refractivity contribution in [3.05, 3.63) is 42.2 Å². The zero-order valence-electron chi connectivity index (χ0n) is 16.2. The second kappa shape index (κ2) is 6.92. The van der Waals surface area contributed by atoms with Gasteiger partial charge in [0.2, 0.25) is 0 Å². The minimum atomic E-state index is 0.238. The van der Waals surface area contributed by atoms with Gasteiger partial charge in [-0.25, -0.2) is 10.2 Å². The first kappa shape index (κ1) is 17.6. The SMILES string of the molecule is N#CB1CC2CN(c3ccc(-c4ccc(-c5cn[nH]c5)c5ncsc45)nn3)CC2C1. The van der Waals surface area contributed by atoms with E-state index in [4.69, 9.17) is 0 Å². The van der Waals surface area contributed by atoms with Gasteiger partial charge < -0.3 is 4.90 Å². The van der Waals surface area contributed by atoms with Crippen LogP contribution in [0.1, 0.15) is 0 Å². The Morgan fingerprint density at radius 3 is 2.63 bits per heavy atom. The molecule has 0 aliphatic carbocycles. The fourth-order valence-corrected chi connectivity index (χ4v) is 5.85. The monoisotopic (exact) mass is 411 g/mol. The van der Waals surface area contributed by atoms with Crippen LogP contribution in [-0.4, -0.2) is 45.2 Å². The molecule has 0 spiro atoms. The molecule has 30 heavy (non-hydrogen) atoms. The topological polar surface area (TPSA) is 94.4 Å². The van der Waals surface area contributed by atoms with Crippen molar-refractivity contribution >= 4 is 34.1 Å². The van der Waals surface area contributed by atoms with E-state index < -0.39 is 0 Å². The van der Waals surface area contributed by atoms with Crippen LogP contribution in [0, 0.1) is 23.1 Å². The van der Waals surface area contributed by atoms with E-state index in [-0.39, 0.29) is 6.71 Å². The summed E-state index contributed by atoms with van der Waals surface area (Å²) in [6.45, 7) is 2.20. The summed E-state index contributed by atoms with van der Waals surface area (Å²) < 4.78 is 1.11. The molecule has 0 saturated carbocycles. The predicted octanol–water partition coefficient (Wildman–Crippen LogP) is 3.77. The first-order valence-corrected chi connectivity index (χ1v) is 11.0. The van der Waals surface area contributed by atoms with Gasteiger partial charge >= 0.3 is 0 Å². The lowest BCUT2D eigenvalue weighted by molar-refractivity contribution is 0.525. The summed E-state index contributed by atoms with van der Waals surface area (Å²) >= 11 is 1.62. The smallest absolute Gasteiger partial charge is 0.268 e. The Kier molecular flexibility index (Phi) is 4.06. The lowest BCUT2D eigenvalue weighted by atomic mass is 9.49. The van der Waals surface area contributed by atoms with Crippen molar-refractivity contribution in [3.63, 3.8) is 0 Å². The summed E-state index contributed by atoms with van der Waals surface area (Å²) in [5.74, 6) is 4.60. The van der Waals surface area contributed by atoms with Crippen LogP contribution < -0.4 is 4.90 Å². The van der Waals surface area contributed by atoms with Gasteiger partial charge in [-0.2, -0.15) is 5.10 Å². The molecule has 0 amide bonds. The van der Waals surface area contributed by atoms with Crippen LogP contribution in [0.3, 0.4) is 0 Å². The van der Waals surface area contributed by atoms with E-state index in [2.05, 4.69) is 60.5 Å². The average molecular weight is 411 g/mol. The number of benzene rings is 1. The summed E-state index contributed by atoms with van der Waals surface area (Å²) in [7, 11) is 0. The highest BCUT2D eigenvalue weighted by Gasteiger charge is 2.43. The van der Waals surface area contributed by atoms with E-state index >= 15 is 0 Å². The quantitative estimate of drug-likeness (QED) is 0.516. The Morgan fingerprint density at radius 1 is 1.10 bits per heavy atom. The van der Waals surface area contributed by atoms with E-state index in [9.17, 15) is 5.26 Å². The van der Waals surface area contributed by atoms with Gasteiger partial charge in [-0.3, -0.25) is 5.10 Å². The molecular formula is C21H18BN7S. The number of nitrogens with one attached hydrogen (secondary N) is 1. The number of aromatic amines is 1. The maximum Gasteiger partial charge on any atom is 0.268 e. The van der Waals surface area contributed by atoms with Gasteiger partial charge in [-0.15, -0.1) is 21.5 Å². The van der Waals surface area contributed by atoms with Crippen LogP contribution in [0.15, 0.2) is 42.2 Å². The van der Waals surface area contributed by atoms with Gasteiger partial charge in [0.15, 0.2) is 5.82 Å². The Morgan fingerprint density at radius 2 is 1.93 bits per heavy atom. The Labute approximate surface area is 177 Å². The Balaban J connectivity index is 1.28. The van der Waals surface area contributed by atoms with E-state index in [1.54, 1.807) is 11.3 Å². The Bertz CT molecular complexity index is 1230. The van der Waals surface area contributed by atoms with Crippen molar-refractivity contribution in [1.29, 1.82) is 5.26 Å². The van der Waals surface area contributed by atoms with E-state index in [0.717, 1.165) is 64.1 Å². The van der Waals surface area contributed by atoms with E-state index in [1.807, 2.05) is 17.9 Å². The van der Waals surface area contributed by atoms with E-state index in [0.29, 0.717) is 11.8 Å². The molecule has 4 aromatic rings. The van der Waals surface area contributed by atoms with Gasteiger partial charge in [0.1, 0.15) is 0 Å². The van der Waals surface area contributed by atoms with Crippen LogP contribution in [0.5, 0.6) is 0 Å². The lowest BCUT2D eigenvalue weighted by Gasteiger charge is -2.18.